The molecule has 0 unspecified atom stereocenters. The number of aromatic nitrogens is 1. The van der Waals surface area contributed by atoms with E-state index in [1.807, 2.05) is 26.2 Å². The van der Waals surface area contributed by atoms with E-state index in [0.29, 0.717) is 15.7 Å². The lowest BCUT2D eigenvalue weighted by molar-refractivity contribution is 0.104. The zero-order valence-corrected chi connectivity index (χ0v) is 12.7. The van der Waals surface area contributed by atoms with Gasteiger partial charge in [0.15, 0.2) is 0 Å². The molecular weight excluding hydrogens is 295 g/mol. The van der Waals surface area contributed by atoms with Gasteiger partial charge in [-0.2, -0.15) is 0 Å². The van der Waals surface area contributed by atoms with Crippen LogP contribution in [0.3, 0.4) is 0 Å². The van der Waals surface area contributed by atoms with Gasteiger partial charge in [0.1, 0.15) is 0 Å². The molecule has 0 aliphatic rings. The van der Waals surface area contributed by atoms with E-state index in [4.69, 9.17) is 23.2 Å². The lowest BCUT2D eigenvalue weighted by atomic mass is 10.1. The molecule has 104 valence electrons. The highest BCUT2D eigenvalue weighted by Crippen LogP contribution is 2.29. The van der Waals surface area contributed by atoms with E-state index in [1.54, 1.807) is 29.3 Å². The molecule has 1 N–H and O–H groups in total. The van der Waals surface area contributed by atoms with E-state index < -0.39 is 0 Å². The minimum absolute atomic E-state index is 0.0879. The summed E-state index contributed by atoms with van der Waals surface area (Å²) in [7, 11) is 3.72. The second-order valence-corrected chi connectivity index (χ2v) is 5.40. The predicted molar refractivity (Wildman–Crippen MR) is 83.4 cm³/mol. The second kappa shape index (κ2) is 6.16. The van der Waals surface area contributed by atoms with Crippen LogP contribution in [0.2, 0.25) is 10.0 Å². The Labute approximate surface area is 127 Å². The van der Waals surface area contributed by atoms with E-state index in [0.717, 1.165) is 11.3 Å². The van der Waals surface area contributed by atoms with Gasteiger partial charge in [-0.05, 0) is 30.3 Å². The van der Waals surface area contributed by atoms with Crippen LogP contribution >= 0.6 is 23.2 Å². The van der Waals surface area contributed by atoms with Crippen molar-refractivity contribution in [2.75, 3.05) is 14.1 Å². The molecule has 1 heterocycles. The molecule has 0 saturated heterocycles. The Morgan fingerprint density at radius 2 is 1.95 bits per heavy atom. The highest BCUT2D eigenvalue weighted by molar-refractivity contribution is 6.36. The van der Waals surface area contributed by atoms with Gasteiger partial charge in [-0.3, -0.25) is 4.79 Å². The number of ketones is 1. The SMILES string of the molecule is CN(C)/C=C/C(=O)c1ccc(-c2ccc(Cl)cc2Cl)[nH]1. The fourth-order valence-electron chi connectivity index (χ4n) is 1.71. The number of aromatic amines is 1. The van der Waals surface area contributed by atoms with Gasteiger partial charge in [0, 0.05) is 42.7 Å². The van der Waals surface area contributed by atoms with Crippen molar-refractivity contribution in [3.63, 3.8) is 0 Å². The molecule has 0 radical (unpaired) electrons. The van der Waals surface area contributed by atoms with Crippen molar-refractivity contribution in [2.24, 2.45) is 0 Å². The number of nitrogens with zero attached hydrogens (tertiary/aromatic N) is 1. The molecule has 0 amide bonds. The molecule has 0 spiro atoms. The fraction of sp³-hybridized carbons (Fsp3) is 0.133. The van der Waals surface area contributed by atoms with Crippen molar-refractivity contribution < 1.29 is 4.79 Å². The minimum Gasteiger partial charge on any atom is -0.383 e. The number of hydrogen-bond acceptors (Lipinski definition) is 2. The van der Waals surface area contributed by atoms with Crippen LogP contribution in [-0.4, -0.2) is 29.8 Å². The van der Waals surface area contributed by atoms with Crippen LogP contribution < -0.4 is 0 Å². The number of hydrogen-bond donors (Lipinski definition) is 1. The van der Waals surface area contributed by atoms with Gasteiger partial charge >= 0.3 is 0 Å². The maximum Gasteiger partial charge on any atom is 0.203 e. The summed E-state index contributed by atoms with van der Waals surface area (Å²) in [5, 5.41) is 1.12. The Balaban J connectivity index is 2.27. The van der Waals surface area contributed by atoms with Crippen molar-refractivity contribution in [1.29, 1.82) is 0 Å². The molecule has 20 heavy (non-hydrogen) atoms. The van der Waals surface area contributed by atoms with Crippen molar-refractivity contribution in [1.82, 2.24) is 9.88 Å². The summed E-state index contributed by atoms with van der Waals surface area (Å²) < 4.78 is 0. The lowest BCUT2D eigenvalue weighted by Crippen LogP contribution is -2.03. The number of allylic oxidation sites excluding steroid dienone is 1. The third-order valence-corrected chi connectivity index (χ3v) is 3.24. The highest BCUT2D eigenvalue weighted by Gasteiger charge is 2.09. The summed E-state index contributed by atoms with van der Waals surface area (Å²) in [5.74, 6) is -0.0879. The van der Waals surface area contributed by atoms with Gasteiger partial charge in [-0.1, -0.05) is 23.2 Å². The first-order valence-electron chi connectivity index (χ1n) is 6.01. The van der Waals surface area contributed by atoms with Crippen LogP contribution in [0.25, 0.3) is 11.3 Å². The van der Waals surface area contributed by atoms with Crippen LogP contribution in [-0.2, 0) is 0 Å². The Morgan fingerprint density at radius 3 is 2.60 bits per heavy atom. The van der Waals surface area contributed by atoms with Gasteiger partial charge in [0.05, 0.1) is 10.7 Å². The van der Waals surface area contributed by atoms with Gasteiger partial charge in [-0.25, -0.2) is 0 Å². The first-order chi connectivity index (χ1) is 9.47. The lowest BCUT2D eigenvalue weighted by Gasteiger charge is -2.03. The minimum atomic E-state index is -0.0879. The Bertz CT molecular complexity index is 660. The van der Waals surface area contributed by atoms with Crippen LogP contribution in [0, 0.1) is 0 Å². The highest BCUT2D eigenvalue weighted by atomic mass is 35.5. The number of carbonyl (C=O) groups excluding carboxylic acids is 1. The Hall–Kier alpha value is -1.71. The molecule has 1 aromatic heterocycles. The zero-order valence-electron chi connectivity index (χ0n) is 11.2. The number of carbonyl (C=O) groups is 1. The normalized spacial score (nSPS) is 11.0. The smallest absolute Gasteiger partial charge is 0.203 e. The third kappa shape index (κ3) is 3.44. The number of nitrogens with one attached hydrogen (secondary N) is 1. The molecule has 2 rings (SSSR count). The largest absolute Gasteiger partial charge is 0.383 e. The maximum absolute atomic E-state index is 11.9. The molecule has 3 nitrogen and oxygen atoms in total. The maximum atomic E-state index is 11.9. The average molecular weight is 309 g/mol. The number of rotatable bonds is 4. The second-order valence-electron chi connectivity index (χ2n) is 4.55. The van der Waals surface area contributed by atoms with Gasteiger partial charge in [-0.15, -0.1) is 0 Å². The van der Waals surface area contributed by atoms with Crippen molar-refractivity contribution in [3.05, 3.63) is 58.3 Å². The molecule has 1 aromatic carbocycles. The zero-order chi connectivity index (χ0) is 14.7. The van der Waals surface area contributed by atoms with Gasteiger partial charge < -0.3 is 9.88 Å². The van der Waals surface area contributed by atoms with E-state index in [2.05, 4.69) is 4.98 Å². The van der Waals surface area contributed by atoms with E-state index in [9.17, 15) is 4.79 Å². The standard InChI is InChI=1S/C15H14Cl2N2O/c1-19(2)8-7-15(20)14-6-5-13(18-14)11-4-3-10(16)9-12(11)17/h3-9,18H,1-2H3/b8-7+. The van der Waals surface area contributed by atoms with Crippen molar-refractivity contribution >= 4 is 29.0 Å². The molecule has 0 saturated carbocycles. The summed E-state index contributed by atoms with van der Waals surface area (Å²) >= 11 is 12.0. The number of benzene rings is 1. The first kappa shape index (κ1) is 14.7. The fourth-order valence-corrected chi connectivity index (χ4v) is 2.22. The topological polar surface area (TPSA) is 36.1 Å². The monoisotopic (exact) mass is 308 g/mol. The molecular formula is C15H14Cl2N2O. The predicted octanol–water partition coefficient (Wildman–Crippen LogP) is 4.25. The van der Waals surface area contributed by atoms with Crippen LogP contribution in [0.15, 0.2) is 42.6 Å². The van der Waals surface area contributed by atoms with Crippen LogP contribution in [0.5, 0.6) is 0 Å². The van der Waals surface area contributed by atoms with E-state index in [-0.39, 0.29) is 5.78 Å². The molecule has 0 atom stereocenters. The summed E-state index contributed by atoms with van der Waals surface area (Å²) in [4.78, 5) is 16.8. The summed E-state index contributed by atoms with van der Waals surface area (Å²) in [6.07, 6.45) is 3.22. The molecule has 0 aliphatic heterocycles. The van der Waals surface area contributed by atoms with Crippen LogP contribution in [0.1, 0.15) is 10.5 Å². The first-order valence-corrected chi connectivity index (χ1v) is 6.76. The molecule has 0 bridgehead atoms. The summed E-state index contributed by atoms with van der Waals surface area (Å²) in [6.45, 7) is 0. The van der Waals surface area contributed by atoms with Gasteiger partial charge in [0.25, 0.3) is 0 Å². The average Bonchev–Trinajstić information content (AvgIpc) is 2.85. The Morgan fingerprint density at radius 1 is 1.20 bits per heavy atom. The van der Waals surface area contributed by atoms with Gasteiger partial charge in [0.2, 0.25) is 5.78 Å². The summed E-state index contributed by atoms with van der Waals surface area (Å²) in [5.41, 5.74) is 2.11. The quantitative estimate of drug-likeness (QED) is 0.677. The number of H-pyrrole nitrogens is 1. The molecule has 2 aromatic rings. The summed E-state index contributed by atoms with van der Waals surface area (Å²) in [6, 6.07) is 8.82. The van der Waals surface area contributed by atoms with E-state index in [1.165, 1.54) is 6.08 Å². The van der Waals surface area contributed by atoms with Crippen molar-refractivity contribution in [3.8, 4) is 11.3 Å². The molecule has 0 fully saturated rings. The molecule has 0 aliphatic carbocycles. The van der Waals surface area contributed by atoms with E-state index >= 15 is 0 Å². The molecule has 5 heteroatoms. The van der Waals surface area contributed by atoms with Crippen molar-refractivity contribution in [2.45, 2.75) is 0 Å². The Kier molecular flexibility index (Phi) is 4.53. The number of halogens is 2. The third-order valence-electron chi connectivity index (χ3n) is 2.70. The van der Waals surface area contributed by atoms with Crippen LogP contribution in [0.4, 0.5) is 0 Å².